The van der Waals surface area contributed by atoms with E-state index in [-0.39, 0.29) is 5.91 Å². The number of thiocarbonyl (C=S) groups is 1. The van der Waals surface area contributed by atoms with Crippen LogP contribution in [0.3, 0.4) is 0 Å². The molecule has 2 rings (SSSR count). The van der Waals surface area contributed by atoms with Gasteiger partial charge in [-0.15, -0.1) is 0 Å². The fourth-order valence-electron chi connectivity index (χ4n) is 2.10. The second-order valence-electron chi connectivity index (χ2n) is 4.58. The summed E-state index contributed by atoms with van der Waals surface area (Å²) in [6, 6.07) is 9.74. The number of amides is 1. The molecule has 5 heteroatoms. The zero-order valence-electron chi connectivity index (χ0n) is 10.9. The highest BCUT2D eigenvalue weighted by Gasteiger charge is 2.16. The third kappa shape index (κ3) is 4.52. The van der Waals surface area contributed by atoms with Crippen molar-refractivity contribution in [2.24, 2.45) is 0 Å². The van der Waals surface area contributed by atoms with Gasteiger partial charge in [-0.2, -0.15) is 0 Å². The molecule has 19 heavy (non-hydrogen) atoms. The third-order valence-corrected chi connectivity index (χ3v) is 3.36. The predicted molar refractivity (Wildman–Crippen MR) is 81.1 cm³/mol. The van der Waals surface area contributed by atoms with Crippen molar-refractivity contribution in [1.82, 2.24) is 10.2 Å². The molecule has 4 nitrogen and oxygen atoms in total. The van der Waals surface area contributed by atoms with Crippen LogP contribution in [0.1, 0.15) is 19.3 Å². The molecule has 1 heterocycles. The molecule has 1 aliphatic rings. The lowest BCUT2D eigenvalue weighted by Crippen LogP contribution is -2.34. The van der Waals surface area contributed by atoms with Gasteiger partial charge < -0.3 is 15.5 Å². The molecule has 0 spiro atoms. The predicted octanol–water partition coefficient (Wildman–Crippen LogP) is 1.99. The molecule has 1 aromatic carbocycles. The van der Waals surface area contributed by atoms with Crippen LogP contribution in [0.2, 0.25) is 0 Å². The SMILES string of the molecule is O=C(CCNC(=S)Nc1ccccc1)N1CCCC1. The number of hydrogen-bond donors (Lipinski definition) is 2. The van der Waals surface area contributed by atoms with E-state index in [0.717, 1.165) is 31.6 Å². The first-order chi connectivity index (χ1) is 9.25. The van der Waals surface area contributed by atoms with Gasteiger partial charge in [-0.05, 0) is 37.2 Å². The molecular weight excluding hydrogens is 258 g/mol. The average molecular weight is 277 g/mol. The van der Waals surface area contributed by atoms with Crippen LogP contribution in [0.25, 0.3) is 0 Å². The Labute approximate surface area is 119 Å². The highest BCUT2D eigenvalue weighted by atomic mass is 32.1. The maximum absolute atomic E-state index is 11.8. The van der Waals surface area contributed by atoms with E-state index in [1.807, 2.05) is 35.2 Å². The monoisotopic (exact) mass is 277 g/mol. The van der Waals surface area contributed by atoms with Gasteiger partial charge in [0, 0.05) is 31.7 Å². The number of likely N-dealkylation sites (tertiary alicyclic amines) is 1. The van der Waals surface area contributed by atoms with Crippen LogP contribution in [0, 0.1) is 0 Å². The highest BCUT2D eigenvalue weighted by Crippen LogP contribution is 2.08. The van der Waals surface area contributed by atoms with Crippen molar-refractivity contribution in [1.29, 1.82) is 0 Å². The average Bonchev–Trinajstić information content (AvgIpc) is 2.93. The largest absolute Gasteiger partial charge is 0.362 e. The van der Waals surface area contributed by atoms with Gasteiger partial charge in [0.2, 0.25) is 5.91 Å². The summed E-state index contributed by atoms with van der Waals surface area (Å²) in [5, 5.41) is 6.69. The van der Waals surface area contributed by atoms with Gasteiger partial charge >= 0.3 is 0 Å². The summed E-state index contributed by atoms with van der Waals surface area (Å²) in [4.78, 5) is 13.7. The fourth-order valence-corrected chi connectivity index (χ4v) is 2.32. The van der Waals surface area contributed by atoms with Crippen molar-refractivity contribution in [3.05, 3.63) is 30.3 Å². The van der Waals surface area contributed by atoms with E-state index < -0.39 is 0 Å². The fraction of sp³-hybridized carbons (Fsp3) is 0.429. The Hall–Kier alpha value is -1.62. The van der Waals surface area contributed by atoms with Gasteiger partial charge in [0.25, 0.3) is 0 Å². The molecule has 1 saturated heterocycles. The molecule has 0 aliphatic carbocycles. The van der Waals surface area contributed by atoms with Crippen LogP contribution in [0.15, 0.2) is 30.3 Å². The van der Waals surface area contributed by atoms with E-state index in [0.29, 0.717) is 18.1 Å². The van der Waals surface area contributed by atoms with Crippen molar-refractivity contribution < 1.29 is 4.79 Å². The van der Waals surface area contributed by atoms with E-state index >= 15 is 0 Å². The van der Waals surface area contributed by atoms with Crippen molar-refractivity contribution in [3.63, 3.8) is 0 Å². The van der Waals surface area contributed by atoms with E-state index in [1.165, 1.54) is 0 Å². The standard InChI is InChI=1S/C14H19N3OS/c18-13(17-10-4-5-11-17)8-9-15-14(19)16-12-6-2-1-3-7-12/h1-3,6-7H,4-5,8-11H2,(H2,15,16,19). The number of anilines is 1. The van der Waals surface area contributed by atoms with E-state index in [2.05, 4.69) is 10.6 Å². The van der Waals surface area contributed by atoms with Crippen LogP contribution in [-0.2, 0) is 4.79 Å². The van der Waals surface area contributed by atoms with E-state index in [9.17, 15) is 4.79 Å². The molecular formula is C14H19N3OS. The van der Waals surface area contributed by atoms with Gasteiger partial charge in [0.1, 0.15) is 0 Å². The van der Waals surface area contributed by atoms with Crippen LogP contribution < -0.4 is 10.6 Å². The number of rotatable bonds is 4. The van der Waals surface area contributed by atoms with Gasteiger partial charge in [-0.25, -0.2) is 0 Å². The summed E-state index contributed by atoms with van der Waals surface area (Å²) < 4.78 is 0. The first kappa shape index (κ1) is 13.8. The molecule has 0 radical (unpaired) electrons. The second-order valence-corrected chi connectivity index (χ2v) is 4.99. The topological polar surface area (TPSA) is 44.4 Å². The second kappa shape index (κ2) is 7.09. The summed E-state index contributed by atoms with van der Waals surface area (Å²) >= 11 is 5.18. The van der Waals surface area contributed by atoms with Crippen LogP contribution in [0.5, 0.6) is 0 Å². The quantitative estimate of drug-likeness (QED) is 0.826. The minimum Gasteiger partial charge on any atom is -0.362 e. The molecule has 1 aromatic rings. The summed E-state index contributed by atoms with van der Waals surface area (Å²) in [6.07, 6.45) is 2.76. The number of carbonyl (C=O) groups excluding carboxylic acids is 1. The lowest BCUT2D eigenvalue weighted by molar-refractivity contribution is -0.129. The Kier molecular flexibility index (Phi) is 5.15. The number of carbonyl (C=O) groups is 1. The summed E-state index contributed by atoms with van der Waals surface area (Å²) in [7, 11) is 0. The Bertz CT molecular complexity index is 430. The third-order valence-electron chi connectivity index (χ3n) is 3.11. The Morgan fingerprint density at radius 2 is 1.89 bits per heavy atom. The van der Waals surface area contributed by atoms with Gasteiger partial charge in [-0.3, -0.25) is 4.79 Å². The summed E-state index contributed by atoms with van der Waals surface area (Å²) in [6.45, 7) is 2.39. The Morgan fingerprint density at radius 1 is 1.21 bits per heavy atom. The van der Waals surface area contributed by atoms with Crippen LogP contribution in [-0.4, -0.2) is 35.6 Å². The van der Waals surface area contributed by atoms with Gasteiger partial charge in [0.15, 0.2) is 5.11 Å². The number of hydrogen-bond acceptors (Lipinski definition) is 2. The maximum atomic E-state index is 11.8. The number of nitrogens with zero attached hydrogens (tertiary/aromatic N) is 1. The smallest absolute Gasteiger partial charge is 0.224 e. The molecule has 0 unspecified atom stereocenters. The molecule has 1 aliphatic heterocycles. The highest BCUT2D eigenvalue weighted by molar-refractivity contribution is 7.80. The first-order valence-electron chi connectivity index (χ1n) is 6.63. The summed E-state index contributed by atoms with van der Waals surface area (Å²) in [5.41, 5.74) is 0.950. The van der Waals surface area contributed by atoms with E-state index in [4.69, 9.17) is 12.2 Å². The molecule has 1 amide bonds. The zero-order valence-corrected chi connectivity index (χ0v) is 11.7. The van der Waals surface area contributed by atoms with Crippen molar-refractivity contribution in [2.75, 3.05) is 25.0 Å². The van der Waals surface area contributed by atoms with Crippen molar-refractivity contribution in [3.8, 4) is 0 Å². The number of nitrogens with one attached hydrogen (secondary N) is 2. The molecule has 2 N–H and O–H groups in total. The minimum absolute atomic E-state index is 0.215. The molecule has 102 valence electrons. The van der Waals surface area contributed by atoms with Gasteiger partial charge in [0.05, 0.1) is 0 Å². The normalized spacial score (nSPS) is 14.2. The molecule has 1 fully saturated rings. The van der Waals surface area contributed by atoms with Gasteiger partial charge in [-0.1, -0.05) is 18.2 Å². The Morgan fingerprint density at radius 3 is 2.58 bits per heavy atom. The molecule has 0 bridgehead atoms. The lowest BCUT2D eigenvalue weighted by Gasteiger charge is -2.16. The zero-order chi connectivity index (χ0) is 13.5. The van der Waals surface area contributed by atoms with E-state index in [1.54, 1.807) is 0 Å². The van der Waals surface area contributed by atoms with Crippen molar-refractivity contribution >= 4 is 28.9 Å². The molecule has 0 aromatic heterocycles. The number of benzene rings is 1. The minimum atomic E-state index is 0.215. The number of para-hydroxylation sites is 1. The Balaban J connectivity index is 1.65. The first-order valence-corrected chi connectivity index (χ1v) is 7.04. The van der Waals surface area contributed by atoms with Crippen LogP contribution >= 0.6 is 12.2 Å². The molecule has 0 atom stereocenters. The molecule has 0 saturated carbocycles. The summed E-state index contributed by atoms with van der Waals surface area (Å²) in [5.74, 6) is 0.215. The maximum Gasteiger partial charge on any atom is 0.224 e. The van der Waals surface area contributed by atoms with Crippen LogP contribution in [0.4, 0.5) is 5.69 Å². The van der Waals surface area contributed by atoms with Crippen molar-refractivity contribution in [2.45, 2.75) is 19.3 Å². The lowest BCUT2D eigenvalue weighted by atomic mass is 10.3.